The van der Waals surface area contributed by atoms with Gasteiger partial charge in [0, 0.05) is 18.8 Å². The lowest BCUT2D eigenvalue weighted by Gasteiger charge is -2.21. The summed E-state index contributed by atoms with van der Waals surface area (Å²) in [5.41, 5.74) is 1.59. The molecular formula is C14H21N5O2S. The third-order valence-electron chi connectivity index (χ3n) is 4.20. The maximum absolute atomic E-state index is 12.4. The van der Waals surface area contributed by atoms with Gasteiger partial charge in [0.2, 0.25) is 0 Å². The van der Waals surface area contributed by atoms with Gasteiger partial charge in [-0.2, -0.15) is 5.10 Å². The number of nitrogens with zero attached hydrogens (tertiary/aromatic N) is 5. The molecule has 0 amide bonds. The molecule has 0 spiro atoms. The van der Waals surface area contributed by atoms with Gasteiger partial charge < -0.3 is 0 Å². The van der Waals surface area contributed by atoms with Gasteiger partial charge in [-0.05, 0) is 12.8 Å². The van der Waals surface area contributed by atoms with Gasteiger partial charge in [0.15, 0.2) is 9.84 Å². The van der Waals surface area contributed by atoms with Crippen molar-refractivity contribution in [2.75, 3.05) is 5.75 Å². The lowest BCUT2D eigenvalue weighted by Crippen LogP contribution is -2.28. The molecule has 3 rings (SSSR count). The van der Waals surface area contributed by atoms with E-state index in [9.17, 15) is 8.42 Å². The van der Waals surface area contributed by atoms with E-state index in [-0.39, 0.29) is 11.0 Å². The zero-order chi connectivity index (χ0) is 15.6. The van der Waals surface area contributed by atoms with E-state index < -0.39 is 9.84 Å². The van der Waals surface area contributed by atoms with Gasteiger partial charge in [0.1, 0.15) is 5.69 Å². The zero-order valence-corrected chi connectivity index (χ0v) is 13.5. The average molecular weight is 323 g/mol. The number of aryl methyl sites for hydroxylation is 2. The second-order valence-electron chi connectivity index (χ2n) is 5.90. The first kappa shape index (κ1) is 15.2. The van der Waals surface area contributed by atoms with Crippen LogP contribution in [0.3, 0.4) is 0 Å². The Morgan fingerprint density at radius 2 is 2.00 bits per heavy atom. The van der Waals surface area contributed by atoms with Crippen molar-refractivity contribution in [3.05, 3.63) is 18.6 Å². The summed E-state index contributed by atoms with van der Waals surface area (Å²) in [6.45, 7) is 0.353. The van der Waals surface area contributed by atoms with Gasteiger partial charge in [-0.15, -0.1) is 5.10 Å². The van der Waals surface area contributed by atoms with Crippen LogP contribution in [-0.4, -0.2) is 44.2 Å². The molecular weight excluding hydrogens is 302 g/mol. The lowest BCUT2D eigenvalue weighted by molar-refractivity contribution is 0.480. The van der Waals surface area contributed by atoms with Crippen LogP contribution in [0.25, 0.3) is 11.3 Å². The van der Waals surface area contributed by atoms with E-state index in [0.717, 1.165) is 37.7 Å². The van der Waals surface area contributed by atoms with E-state index in [4.69, 9.17) is 0 Å². The van der Waals surface area contributed by atoms with Crippen LogP contribution in [0.4, 0.5) is 0 Å². The van der Waals surface area contributed by atoms with E-state index in [1.165, 1.54) is 0 Å². The second-order valence-corrected chi connectivity index (χ2v) is 8.30. The summed E-state index contributed by atoms with van der Waals surface area (Å²) in [5.74, 6) is 0.132. The summed E-state index contributed by atoms with van der Waals surface area (Å²) in [6, 6.07) is 0. The fraction of sp³-hybridized carbons (Fsp3) is 0.643. The molecule has 2 aromatic heterocycles. The van der Waals surface area contributed by atoms with Crippen LogP contribution in [0, 0.1) is 0 Å². The van der Waals surface area contributed by atoms with Gasteiger partial charge >= 0.3 is 0 Å². The zero-order valence-electron chi connectivity index (χ0n) is 12.7. The first-order valence-electron chi connectivity index (χ1n) is 7.65. The van der Waals surface area contributed by atoms with Crippen molar-refractivity contribution in [3.8, 4) is 11.3 Å². The molecule has 0 aromatic carbocycles. The SMILES string of the molecule is Cn1cc(-c2cn(CCS(=O)(=O)C3CCCCC3)nn2)cn1. The molecule has 0 N–H and O–H groups in total. The van der Waals surface area contributed by atoms with Crippen LogP contribution in [0.15, 0.2) is 18.6 Å². The van der Waals surface area contributed by atoms with Crippen molar-refractivity contribution in [2.24, 2.45) is 7.05 Å². The Morgan fingerprint density at radius 3 is 2.68 bits per heavy atom. The molecule has 1 aliphatic carbocycles. The molecule has 1 saturated carbocycles. The largest absolute Gasteiger partial charge is 0.275 e. The molecule has 0 aliphatic heterocycles. The number of sulfone groups is 1. The fourth-order valence-electron chi connectivity index (χ4n) is 2.91. The van der Waals surface area contributed by atoms with Gasteiger partial charge in [0.25, 0.3) is 0 Å². The molecule has 0 radical (unpaired) electrons. The first-order chi connectivity index (χ1) is 10.5. The third-order valence-corrected chi connectivity index (χ3v) is 6.44. The molecule has 8 heteroatoms. The monoisotopic (exact) mass is 323 g/mol. The Labute approximate surface area is 130 Å². The summed E-state index contributed by atoms with van der Waals surface area (Å²) in [6.07, 6.45) is 10.2. The number of rotatable bonds is 5. The second kappa shape index (κ2) is 6.20. The maximum atomic E-state index is 12.4. The number of hydrogen-bond acceptors (Lipinski definition) is 5. The Hall–Kier alpha value is -1.70. The van der Waals surface area contributed by atoms with E-state index in [0.29, 0.717) is 12.2 Å². The highest BCUT2D eigenvalue weighted by molar-refractivity contribution is 7.92. The first-order valence-corrected chi connectivity index (χ1v) is 9.37. The minimum absolute atomic E-state index is 0.132. The summed E-state index contributed by atoms with van der Waals surface area (Å²) < 4.78 is 28.0. The van der Waals surface area contributed by atoms with Gasteiger partial charge in [-0.1, -0.05) is 24.5 Å². The highest BCUT2D eigenvalue weighted by Crippen LogP contribution is 2.24. The molecule has 120 valence electrons. The topological polar surface area (TPSA) is 82.7 Å². The van der Waals surface area contributed by atoms with Crippen molar-refractivity contribution in [3.63, 3.8) is 0 Å². The third kappa shape index (κ3) is 3.37. The van der Waals surface area contributed by atoms with Crippen LogP contribution < -0.4 is 0 Å². The molecule has 7 nitrogen and oxygen atoms in total. The highest BCUT2D eigenvalue weighted by Gasteiger charge is 2.27. The predicted octanol–water partition coefficient (Wildman–Crippen LogP) is 1.43. The molecule has 22 heavy (non-hydrogen) atoms. The van der Waals surface area contributed by atoms with Crippen molar-refractivity contribution in [1.29, 1.82) is 0 Å². The maximum Gasteiger partial charge on any atom is 0.154 e. The molecule has 0 bridgehead atoms. The van der Waals surface area contributed by atoms with Gasteiger partial charge in [0.05, 0.1) is 29.9 Å². The Kier molecular flexibility index (Phi) is 4.28. The smallest absolute Gasteiger partial charge is 0.154 e. The number of aromatic nitrogens is 5. The molecule has 1 fully saturated rings. The van der Waals surface area contributed by atoms with Crippen LogP contribution in [0.5, 0.6) is 0 Å². The van der Waals surface area contributed by atoms with E-state index in [1.54, 1.807) is 21.8 Å². The summed E-state index contributed by atoms with van der Waals surface area (Å²) in [5, 5.41) is 12.0. The van der Waals surface area contributed by atoms with Crippen molar-refractivity contribution < 1.29 is 8.42 Å². The van der Waals surface area contributed by atoms with Crippen LogP contribution in [0.2, 0.25) is 0 Å². The van der Waals surface area contributed by atoms with Crippen LogP contribution >= 0.6 is 0 Å². The summed E-state index contributed by atoms with van der Waals surface area (Å²) >= 11 is 0. The summed E-state index contributed by atoms with van der Waals surface area (Å²) in [7, 11) is -1.20. The molecule has 0 unspecified atom stereocenters. The van der Waals surface area contributed by atoms with Crippen molar-refractivity contribution in [2.45, 2.75) is 43.9 Å². The highest BCUT2D eigenvalue weighted by atomic mass is 32.2. The van der Waals surface area contributed by atoms with Crippen LogP contribution in [-0.2, 0) is 23.4 Å². The fourth-order valence-corrected chi connectivity index (χ4v) is 4.73. The van der Waals surface area contributed by atoms with E-state index >= 15 is 0 Å². The number of hydrogen-bond donors (Lipinski definition) is 0. The van der Waals surface area contributed by atoms with Crippen molar-refractivity contribution in [1.82, 2.24) is 24.8 Å². The predicted molar refractivity (Wildman–Crippen MR) is 82.9 cm³/mol. The minimum atomic E-state index is -3.04. The van der Waals surface area contributed by atoms with Gasteiger partial charge in [-0.25, -0.2) is 8.42 Å². The minimum Gasteiger partial charge on any atom is -0.275 e. The molecule has 0 atom stereocenters. The lowest BCUT2D eigenvalue weighted by atomic mass is 10.0. The average Bonchev–Trinajstić information content (AvgIpc) is 3.15. The van der Waals surface area contributed by atoms with Crippen LogP contribution in [0.1, 0.15) is 32.1 Å². The normalized spacial score (nSPS) is 17.0. The quantitative estimate of drug-likeness (QED) is 0.831. The Morgan fingerprint density at radius 1 is 1.23 bits per heavy atom. The van der Waals surface area contributed by atoms with Gasteiger partial charge in [-0.3, -0.25) is 9.36 Å². The Bertz CT molecular complexity index is 728. The molecule has 2 heterocycles. The van der Waals surface area contributed by atoms with E-state index in [2.05, 4.69) is 15.4 Å². The van der Waals surface area contributed by atoms with E-state index in [1.807, 2.05) is 13.2 Å². The molecule has 0 saturated heterocycles. The molecule has 2 aromatic rings. The summed E-state index contributed by atoms with van der Waals surface area (Å²) in [4.78, 5) is 0. The van der Waals surface area contributed by atoms with Crippen molar-refractivity contribution >= 4 is 9.84 Å². The Balaban J connectivity index is 1.63. The standard InChI is InChI=1S/C14H21N5O2S/c1-18-10-12(9-15-18)14-11-19(17-16-14)7-8-22(20,21)13-5-3-2-4-6-13/h9-11,13H,2-8H2,1H3. The molecule has 1 aliphatic rings.